The lowest BCUT2D eigenvalue weighted by Gasteiger charge is -2.42. The third kappa shape index (κ3) is 1.24. The fourth-order valence-electron chi connectivity index (χ4n) is 3.67. The van der Waals surface area contributed by atoms with Crippen molar-refractivity contribution in [2.45, 2.75) is 56.8 Å². The van der Waals surface area contributed by atoms with Crippen molar-refractivity contribution < 1.29 is 18.8 Å². The molecule has 2 bridgehead atoms. The van der Waals surface area contributed by atoms with Gasteiger partial charge in [0.25, 0.3) is 0 Å². The highest BCUT2D eigenvalue weighted by molar-refractivity contribution is 5.80. The molecule has 0 saturated carbocycles. The number of ether oxygens (including phenoxy) is 2. The summed E-state index contributed by atoms with van der Waals surface area (Å²) in [7, 11) is 4.39. The van der Waals surface area contributed by atoms with Crippen LogP contribution in [0.4, 0.5) is 0 Å². The Labute approximate surface area is 96.1 Å². The van der Waals surface area contributed by atoms with Crippen LogP contribution in [0.25, 0.3) is 0 Å². The standard InChI is InChI=1S/C12H20NO3/c1-12(2)15-10-8-5-7(14)6-9(11(10)16-12)13(8,3)4/h8-11H,5-6H2,1-4H3/q+1/t8-,9+,10-,11+. The third-order valence-electron chi connectivity index (χ3n) is 4.51. The van der Waals surface area contributed by atoms with E-state index in [9.17, 15) is 4.79 Å². The van der Waals surface area contributed by atoms with E-state index in [-0.39, 0.29) is 24.3 Å². The average molecular weight is 226 g/mol. The van der Waals surface area contributed by atoms with Gasteiger partial charge in [0, 0.05) is 0 Å². The molecular weight excluding hydrogens is 206 g/mol. The van der Waals surface area contributed by atoms with Crippen LogP contribution in [0.5, 0.6) is 0 Å². The summed E-state index contributed by atoms with van der Waals surface area (Å²) in [4.78, 5) is 11.7. The molecule has 0 unspecified atom stereocenters. The second-order valence-electron chi connectivity index (χ2n) is 6.28. The lowest BCUT2D eigenvalue weighted by Crippen LogP contribution is -2.58. The lowest BCUT2D eigenvalue weighted by molar-refractivity contribution is -0.931. The van der Waals surface area contributed by atoms with Crippen molar-refractivity contribution in [2.75, 3.05) is 14.1 Å². The molecule has 3 aliphatic heterocycles. The van der Waals surface area contributed by atoms with E-state index < -0.39 is 5.79 Å². The number of ketones is 1. The number of Topliss-reactive ketones (excluding diaryl/α,β-unsaturated/α-hetero) is 1. The Morgan fingerprint density at radius 2 is 1.56 bits per heavy atom. The van der Waals surface area contributed by atoms with E-state index in [1.807, 2.05) is 13.8 Å². The highest BCUT2D eigenvalue weighted by atomic mass is 16.8. The smallest absolute Gasteiger partial charge is 0.164 e. The molecule has 0 N–H and O–H groups in total. The molecule has 0 radical (unpaired) electrons. The van der Waals surface area contributed by atoms with E-state index in [1.165, 1.54) is 0 Å². The van der Waals surface area contributed by atoms with Gasteiger partial charge in [0.05, 0.1) is 26.9 Å². The summed E-state index contributed by atoms with van der Waals surface area (Å²) in [5, 5.41) is 0. The minimum Gasteiger partial charge on any atom is -0.338 e. The highest BCUT2D eigenvalue weighted by Gasteiger charge is 2.66. The molecule has 16 heavy (non-hydrogen) atoms. The summed E-state index contributed by atoms with van der Waals surface area (Å²) in [6.45, 7) is 3.92. The molecule has 0 aromatic heterocycles. The zero-order chi connectivity index (χ0) is 11.7. The molecule has 90 valence electrons. The van der Waals surface area contributed by atoms with E-state index in [0.717, 1.165) is 4.48 Å². The zero-order valence-corrected chi connectivity index (χ0v) is 10.4. The monoisotopic (exact) mass is 226 g/mol. The maximum Gasteiger partial charge on any atom is 0.164 e. The number of carbonyl (C=O) groups is 1. The number of fused-ring (bicyclic) bond motifs is 5. The van der Waals surface area contributed by atoms with Crippen LogP contribution < -0.4 is 0 Å². The zero-order valence-electron chi connectivity index (χ0n) is 10.4. The second kappa shape index (κ2) is 2.86. The maximum absolute atomic E-state index is 11.7. The quantitative estimate of drug-likeness (QED) is 0.570. The molecule has 4 heteroatoms. The van der Waals surface area contributed by atoms with Crippen molar-refractivity contribution in [1.29, 1.82) is 0 Å². The van der Waals surface area contributed by atoms with Gasteiger partial charge in [-0.05, 0) is 13.8 Å². The number of likely N-dealkylation sites (N-methyl/N-ethyl adjacent to an activating group) is 1. The Morgan fingerprint density at radius 1 is 1.12 bits per heavy atom. The molecule has 4 nitrogen and oxygen atoms in total. The van der Waals surface area contributed by atoms with Gasteiger partial charge in [-0.1, -0.05) is 0 Å². The molecule has 4 atom stereocenters. The van der Waals surface area contributed by atoms with Crippen LogP contribution in [0.15, 0.2) is 0 Å². The van der Waals surface area contributed by atoms with Crippen molar-refractivity contribution in [3.8, 4) is 0 Å². The van der Waals surface area contributed by atoms with Crippen molar-refractivity contribution in [3.63, 3.8) is 0 Å². The van der Waals surface area contributed by atoms with Gasteiger partial charge in [0.2, 0.25) is 0 Å². The van der Waals surface area contributed by atoms with E-state index in [0.29, 0.717) is 18.6 Å². The number of nitrogens with zero attached hydrogens (tertiary/aromatic N) is 1. The Hall–Kier alpha value is -0.450. The Balaban J connectivity index is 1.97. The summed E-state index contributed by atoms with van der Waals surface area (Å²) in [5.41, 5.74) is 0. The van der Waals surface area contributed by atoms with Gasteiger partial charge in [-0.15, -0.1) is 0 Å². The van der Waals surface area contributed by atoms with Gasteiger partial charge in [0.15, 0.2) is 5.79 Å². The number of quaternary nitrogens is 1. The fourth-order valence-corrected chi connectivity index (χ4v) is 3.67. The SMILES string of the molecule is CC1(C)O[C@@H]2[C@H](O1)[C@H]1CC(=O)C[C@@H]2[N+]1(C)C. The normalized spacial score (nSPS) is 48.1. The van der Waals surface area contributed by atoms with Gasteiger partial charge < -0.3 is 14.0 Å². The van der Waals surface area contributed by atoms with Crippen LogP contribution in [0.3, 0.4) is 0 Å². The van der Waals surface area contributed by atoms with Gasteiger partial charge in [-0.25, -0.2) is 0 Å². The van der Waals surface area contributed by atoms with Gasteiger partial charge >= 0.3 is 0 Å². The van der Waals surface area contributed by atoms with E-state index in [1.54, 1.807) is 0 Å². The third-order valence-corrected chi connectivity index (χ3v) is 4.51. The predicted octanol–water partition coefficient (Wildman–Crippen LogP) is 0.697. The minimum atomic E-state index is -0.480. The topological polar surface area (TPSA) is 35.5 Å². The number of hydrogen-bond donors (Lipinski definition) is 0. The van der Waals surface area contributed by atoms with E-state index in [2.05, 4.69) is 14.1 Å². The first-order valence-corrected chi connectivity index (χ1v) is 6.02. The molecule has 3 saturated heterocycles. The molecule has 0 amide bonds. The molecule has 3 heterocycles. The molecule has 0 spiro atoms. The summed E-state index contributed by atoms with van der Waals surface area (Å²) < 4.78 is 12.8. The van der Waals surface area contributed by atoms with Crippen molar-refractivity contribution in [3.05, 3.63) is 0 Å². The van der Waals surface area contributed by atoms with Crippen molar-refractivity contribution in [1.82, 2.24) is 0 Å². The molecule has 3 rings (SSSR count). The summed E-state index contributed by atoms with van der Waals surface area (Å²) in [6, 6.07) is 0.552. The van der Waals surface area contributed by atoms with Crippen LogP contribution in [-0.4, -0.2) is 54.4 Å². The largest absolute Gasteiger partial charge is 0.338 e. The Morgan fingerprint density at radius 3 is 2.00 bits per heavy atom. The summed E-state index contributed by atoms with van der Waals surface area (Å²) in [5.74, 6) is -0.112. The van der Waals surface area contributed by atoms with Crippen LogP contribution >= 0.6 is 0 Å². The number of piperidine rings is 1. The average Bonchev–Trinajstić information content (AvgIpc) is 2.46. The van der Waals surface area contributed by atoms with Crippen LogP contribution in [-0.2, 0) is 14.3 Å². The van der Waals surface area contributed by atoms with Gasteiger partial charge in [-0.3, -0.25) is 4.79 Å². The van der Waals surface area contributed by atoms with E-state index in [4.69, 9.17) is 9.47 Å². The first-order valence-electron chi connectivity index (χ1n) is 6.02. The number of rotatable bonds is 0. The Kier molecular flexibility index (Phi) is 1.91. The number of carbonyl (C=O) groups excluding carboxylic acids is 1. The molecule has 3 aliphatic rings. The van der Waals surface area contributed by atoms with Crippen LogP contribution in [0.2, 0.25) is 0 Å². The fraction of sp³-hybridized carbons (Fsp3) is 0.917. The molecule has 0 aromatic rings. The number of hydrogen-bond acceptors (Lipinski definition) is 3. The molecular formula is C12H20NO3+. The summed E-state index contributed by atoms with van der Waals surface area (Å²) in [6.07, 6.45) is 1.48. The van der Waals surface area contributed by atoms with Crippen molar-refractivity contribution in [2.24, 2.45) is 0 Å². The van der Waals surface area contributed by atoms with Gasteiger partial charge in [0.1, 0.15) is 30.1 Å². The van der Waals surface area contributed by atoms with Crippen LogP contribution in [0, 0.1) is 0 Å². The predicted molar refractivity (Wildman–Crippen MR) is 57.8 cm³/mol. The van der Waals surface area contributed by atoms with E-state index >= 15 is 0 Å². The lowest BCUT2D eigenvalue weighted by atomic mass is 9.99. The summed E-state index contributed by atoms with van der Waals surface area (Å²) >= 11 is 0. The first-order chi connectivity index (χ1) is 7.31. The molecule has 0 aliphatic carbocycles. The van der Waals surface area contributed by atoms with Crippen LogP contribution in [0.1, 0.15) is 26.7 Å². The Bertz CT molecular complexity index is 322. The van der Waals surface area contributed by atoms with Crippen molar-refractivity contribution >= 4 is 5.78 Å². The highest BCUT2D eigenvalue weighted by Crippen LogP contribution is 2.47. The maximum atomic E-state index is 11.7. The molecule has 3 fully saturated rings. The second-order valence-corrected chi connectivity index (χ2v) is 6.28. The minimum absolute atomic E-state index is 0.0986. The molecule has 0 aromatic carbocycles. The first kappa shape index (κ1) is 10.7. The van der Waals surface area contributed by atoms with Gasteiger partial charge in [-0.2, -0.15) is 0 Å².